The number of β-amino-alcohol motifs (C(OH)–C–C–N with tert-alkyl or cyclic N) is 1. The minimum atomic E-state index is -0.343. The number of carbonyl (C=O) groups is 1. The van der Waals surface area contributed by atoms with Crippen molar-refractivity contribution in [2.45, 2.75) is 26.0 Å². The Morgan fingerprint density at radius 3 is 2.75 bits per heavy atom. The number of anilines is 1. The lowest BCUT2D eigenvalue weighted by Crippen LogP contribution is -2.55. The molecule has 0 bridgehead atoms. The number of carbonyl (C=O) groups excluding carboxylic acids is 1. The summed E-state index contributed by atoms with van der Waals surface area (Å²) in [7, 11) is 0. The van der Waals surface area contributed by atoms with Crippen LogP contribution >= 0.6 is 0 Å². The molecule has 1 aliphatic rings. The van der Waals surface area contributed by atoms with Crippen LogP contribution in [-0.2, 0) is 0 Å². The maximum absolute atomic E-state index is 12.5. The largest absolute Gasteiger partial charge is 0.398 e. The molecule has 1 aromatic rings. The average molecular weight is 277 g/mol. The molecule has 0 aliphatic carbocycles. The molecule has 1 heterocycles. The van der Waals surface area contributed by atoms with E-state index >= 15 is 0 Å². The second-order valence-electron chi connectivity index (χ2n) is 5.53. The summed E-state index contributed by atoms with van der Waals surface area (Å²) in [6, 6.07) is 7.42. The molecular formula is C15H23N3O2. The third kappa shape index (κ3) is 3.29. The molecular weight excluding hydrogens is 254 g/mol. The minimum Gasteiger partial charge on any atom is -0.398 e. The lowest BCUT2D eigenvalue weighted by Gasteiger charge is -2.40. The van der Waals surface area contributed by atoms with Gasteiger partial charge in [0.1, 0.15) is 0 Å². The van der Waals surface area contributed by atoms with Gasteiger partial charge in [0, 0.05) is 37.9 Å². The predicted octanol–water partition coefficient (Wildman–Crippen LogP) is 0.796. The lowest BCUT2D eigenvalue weighted by molar-refractivity contribution is 0.0366. The summed E-state index contributed by atoms with van der Waals surface area (Å²) in [5.41, 5.74) is 6.96. The standard InChI is InChI=1S/C15H23N3O2/c1-11-9-18(8-7-17(11)10-12(2)19)15(20)13-5-3-4-6-14(13)16/h3-6,11-12,19H,7-10,16H2,1-2H3. The first-order chi connectivity index (χ1) is 9.49. The van der Waals surface area contributed by atoms with Crippen molar-refractivity contribution in [3.05, 3.63) is 29.8 Å². The number of hydrogen-bond donors (Lipinski definition) is 2. The van der Waals surface area contributed by atoms with Crippen LogP contribution in [0.1, 0.15) is 24.2 Å². The molecule has 110 valence electrons. The predicted molar refractivity (Wildman–Crippen MR) is 79.5 cm³/mol. The molecule has 5 heteroatoms. The van der Waals surface area contributed by atoms with Gasteiger partial charge in [0.25, 0.3) is 5.91 Å². The maximum atomic E-state index is 12.5. The van der Waals surface area contributed by atoms with Gasteiger partial charge in [-0.1, -0.05) is 12.1 Å². The van der Waals surface area contributed by atoms with Crippen molar-refractivity contribution in [3.8, 4) is 0 Å². The molecule has 3 N–H and O–H groups in total. The SMILES string of the molecule is CC(O)CN1CCN(C(=O)c2ccccc2N)CC1C. The number of piperazine rings is 1. The number of para-hydroxylation sites is 1. The van der Waals surface area contributed by atoms with Gasteiger partial charge < -0.3 is 15.7 Å². The van der Waals surface area contributed by atoms with E-state index in [0.717, 1.165) is 6.54 Å². The first-order valence-electron chi connectivity index (χ1n) is 7.05. The van der Waals surface area contributed by atoms with Crippen molar-refractivity contribution in [1.82, 2.24) is 9.80 Å². The number of hydrogen-bond acceptors (Lipinski definition) is 4. The molecule has 1 aliphatic heterocycles. The fourth-order valence-electron chi connectivity index (χ4n) is 2.65. The fraction of sp³-hybridized carbons (Fsp3) is 0.533. The van der Waals surface area contributed by atoms with Gasteiger partial charge in [-0.2, -0.15) is 0 Å². The summed E-state index contributed by atoms with van der Waals surface area (Å²) in [5, 5.41) is 9.47. The van der Waals surface area contributed by atoms with Crippen LogP contribution in [0.3, 0.4) is 0 Å². The molecule has 0 saturated carbocycles. The molecule has 5 nitrogen and oxygen atoms in total. The zero-order chi connectivity index (χ0) is 14.7. The van der Waals surface area contributed by atoms with E-state index in [-0.39, 0.29) is 18.1 Å². The molecule has 20 heavy (non-hydrogen) atoms. The molecule has 2 unspecified atom stereocenters. The van der Waals surface area contributed by atoms with E-state index in [2.05, 4.69) is 11.8 Å². The van der Waals surface area contributed by atoms with Crippen molar-refractivity contribution >= 4 is 11.6 Å². The third-order valence-electron chi connectivity index (χ3n) is 3.74. The van der Waals surface area contributed by atoms with E-state index in [1.54, 1.807) is 19.1 Å². The van der Waals surface area contributed by atoms with Crippen molar-refractivity contribution in [2.75, 3.05) is 31.9 Å². The number of amides is 1. The third-order valence-corrected chi connectivity index (χ3v) is 3.74. The van der Waals surface area contributed by atoms with Gasteiger partial charge >= 0.3 is 0 Å². The van der Waals surface area contributed by atoms with E-state index in [9.17, 15) is 9.90 Å². The number of nitrogen functional groups attached to an aromatic ring is 1. The van der Waals surface area contributed by atoms with Gasteiger partial charge in [-0.05, 0) is 26.0 Å². The van der Waals surface area contributed by atoms with E-state index in [4.69, 9.17) is 5.73 Å². The highest BCUT2D eigenvalue weighted by molar-refractivity contribution is 5.99. The Kier molecular flexibility index (Phi) is 4.62. The summed E-state index contributed by atoms with van der Waals surface area (Å²) in [5.74, 6) is -0.00773. The molecule has 0 radical (unpaired) electrons. The minimum absolute atomic E-state index is 0.00773. The highest BCUT2D eigenvalue weighted by Gasteiger charge is 2.28. The Balaban J connectivity index is 2.02. The fourth-order valence-corrected chi connectivity index (χ4v) is 2.65. The summed E-state index contributed by atoms with van der Waals surface area (Å²) in [4.78, 5) is 16.5. The molecule has 0 aromatic heterocycles. The maximum Gasteiger partial charge on any atom is 0.256 e. The van der Waals surface area contributed by atoms with Gasteiger partial charge in [0.2, 0.25) is 0 Å². The highest BCUT2D eigenvalue weighted by atomic mass is 16.3. The van der Waals surface area contributed by atoms with E-state index in [1.165, 1.54) is 0 Å². The molecule has 1 aromatic carbocycles. The lowest BCUT2D eigenvalue weighted by atomic mass is 10.1. The van der Waals surface area contributed by atoms with E-state index in [1.807, 2.05) is 17.0 Å². The van der Waals surface area contributed by atoms with E-state index < -0.39 is 0 Å². The zero-order valence-corrected chi connectivity index (χ0v) is 12.1. The number of rotatable bonds is 3. The van der Waals surface area contributed by atoms with Crippen molar-refractivity contribution < 1.29 is 9.90 Å². The molecule has 1 saturated heterocycles. The number of aliphatic hydroxyl groups excluding tert-OH is 1. The Bertz CT molecular complexity index is 476. The normalized spacial score (nSPS) is 21.8. The quantitative estimate of drug-likeness (QED) is 0.802. The summed E-state index contributed by atoms with van der Waals surface area (Å²) < 4.78 is 0. The van der Waals surface area contributed by atoms with Crippen LogP contribution in [0.4, 0.5) is 5.69 Å². The summed E-state index contributed by atoms with van der Waals surface area (Å²) in [6.07, 6.45) is -0.343. The first kappa shape index (κ1) is 14.8. The van der Waals surface area contributed by atoms with Crippen molar-refractivity contribution in [1.29, 1.82) is 0 Å². The van der Waals surface area contributed by atoms with Crippen molar-refractivity contribution in [3.63, 3.8) is 0 Å². The molecule has 2 rings (SSSR count). The molecule has 1 amide bonds. The summed E-state index contributed by atoms with van der Waals surface area (Å²) in [6.45, 7) is 6.64. The Hall–Kier alpha value is -1.59. The number of nitrogens with two attached hydrogens (primary N) is 1. The average Bonchev–Trinajstić information content (AvgIpc) is 2.40. The van der Waals surface area contributed by atoms with Gasteiger partial charge in [-0.15, -0.1) is 0 Å². The van der Waals surface area contributed by atoms with Crippen LogP contribution in [0.5, 0.6) is 0 Å². The van der Waals surface area contributed by atoms with Crippen LogP contribution in [0.25, 0.3) is 0 Å². The zero-order valence-electron chi connectivity index (χ0n) is 12.1. The highest BCUT2D eigenvalue weighted by Crippen LogP contribution is 2.17. The van der Waals surface area contributed by atoms with Crippen LogP contribution in [0.2, 0.25) is 0 Å². The van der Waals surface area contributed by atoms with Gasteiger partial charge in [-0.25, -0.2) is 0 Å². The van der Waals surface area contributed by atoms with Crippen LogP contribution in [0, 0.1) is 0 Å². The number of nitrogens with zero attached hydrogens (tertiary/aromatic N) is 2. The van der Waals surface area contributed by atoms with Gasteiger partial charge in [0.15, 0.2) is 0 Å². The summed E-state index contributed by atoms with van der Waals surface area (Å²) >= 11 is 0. The van der Waals surface area contributed by atoms with Gasteiger partial charge in [-0.3, -0.25) is 9.69 Å². The molecule has 0 spiro atoms. The first-order valence-corrected chi connectivity index (χ1v) is 7.05. The van der Waals surface area contributed by atoms with E-state index in [0.29, 0.717) is 30.9 Å². The number of aliphatic hydroxyl groups is 1. The van der Waals surface area contributed by atoms with Crippen LogP contribution in [-0.4, -0.2) is 59.1 Å². The topological polar surface area (TPSA) is 69.8 Å². The molecule has 2 atom stereocenters. The van der Waals surface area contributed by atoms with Crippen LogP contribution in [0.15, 0.2) is 24.3 Å². The second kappa shape index (κ2) is 6.24. The molecule has 1 fully saturated rings. The Morgan fingerprint density at radius 1 is 1.45 bits per heavy atom. The second-order valence-corrected chi connectivity index (χ2v) is 5.53. The van der Waals surface area contributed by atoms with Crippen LogP contribution < -0.4 is 5.73 Å². The Morgan fingerprint density at radius 2 is 2.15 bits per heavy atom. The smallest absolute Gasteiger partial charge is 0.256 e. The van der Waals surface area contributed by atoms with Gasteiger partial charge in [0.05, 0.1) is 11.7 Å². The Labute approximate surface area is 120 Å². The van der Waals surface area contributed by atoms with Crippen molar-refractivity contribution in [2.24, 2.45) is 0 Å². The number of benzene rings is 1. The monoisotopic (exact) mass is 277 g/mol.